The van der Waals surface area contributed by atoms with Gasteiger partial charge >= 0.3 is 0 Å². The molecule has 1 aromatic carbocycles. The van der Waals surface area contributed by atoms with Crippen LogP contribution in [0.1, 0.15) is 17.4 Å². The third kappa shape index (κ3) is 2.38. The molecule has 1 heterocycles. The molecule has 0 fully saturated rings. The standard InChI is InChI=1S/C11H9BrF2N2O/c12-9-5-4-8(17-9)11(16-15)6-2-1-3-7(13)10(6)14/h1-5,11,16H,15H2. The van der Waals surface area contributed by atoms with Gasteiger partial charge in [0.1, 0.15) is 11.8 Å². The van der Waals surface area contributed by atoms with Gasteiger partial charge in [-0.25, -0.2) is 14.2 Å². The van der Waals surface area contributed by atoms with Gasteiger partial charge < -0.3 is 4.42 Å². The summed E-state index contributed by atoms with van der Waals surface area (Å²) in [7, 11) is 0. The first-order chi connectivity index (χ1) is 8.13. The van der Waals surface area contributed by atoms with Crippen molar-refractivity contribution in [2.45, 2.75) is 6.04 Å². The molecule has 0 bridgehead atoms. The smallest absolute Gasteiger partial charge is 0.169 e. The van der Waals surface area contributed by atoms with Crippen LogP contribution in [0.4, 0.5) is 8.78 Å². The summed E-state index contributed by atoms with van der Waals surface area (Å²) in [5, 5.41) is 0. The Kier molecular flexibility index (Phi) is 3.56. The fraction of sp³-hybridized carbons (Fsp3) is 0.0909. The predicted octanol–water partition coefficient (Wildman–Crippen LogP) is 2.87. The van der Waals surface area contributed by atoms with Crippen molar-refractivity contribution in [3.8, 4) is 0 Å². The highest BCUT2D eigenvalue weighted by molar-refractivity contribution is 9.10. The van der Waals surface area contributed by atoms with Crippen molar-refractivity contribution >= 4 is 15.9 Å². The van der Waals surface area contributed by atoms with E-state index in [0.29, 0.717) is 10.4 Å². The summed E-state index contributed by atoms with van der Waals surface area (Å²) in [6, 6.07) is 6.44. The van der Waals surface area contributed by atoms with E-state index < -0.39 is 17.7 Å². The topological polar surface area (TPSA) is 51.2 Å². The van der Waals surface area contributed by atoms with Crippen LogP contribution in [0, 0.1) is 11.6 Å². The van der Waals surface area contributed by atoms with Crippen molar-refractivity contribution in [3.63, 3.8) is 0 Å². The molecule has 90 valence electrons. The predicted molar refractivity (Wildman–Crippen MR) is 61.9 cm³/mol. The first-order valence-electron chi connectivity index (χ1n) is 4.78. The Bertz CT molecular complexity index is 530. The van der Waals surface area contributed by atoms with E-state index in [1.54, 1.807) is 12.1 Å². The second-order valence-corrected chi connectivity index (χ2v) is 4.17. The number of furan rings is 1. The molecule has 0 aliphatic rings. The van der Waals surface area contributed by atoms with E-state index in [4.69, 9.17) is 10.3 Å². The second kappa shape index (κ2) is 4.95. The maximum absolute atomic E-state index is 13.6. The molecule has 17 heavy (non-hydrogen) atoms. The average molecular weight is 303 g/mol. The van der Waals surface area contributed by atoms with Crippen LogP contribution in [0.3, 0.4) is 0 Å². The number of nitrogens with two attached hydrogens (primary N) is 1. The van der Waals surface area contributed by atoms with Gasteiger partial charge in [0.25, 0.3) is 0 Å². The molecular formula is C11H9BrF2N2O. The highest BCUT2D eigenvalue weighted by Crippen LogP contribution is 2.27. The third-order valence-electron chi connectivity index (χ3n) is 2.34. The summed E-state index contributed by atoms with van der Waals surface area (Å²) in [4.78, 5) is 0. The zero-order valence-electron chi connectivity index (χ0n) is 8.58. The molecule has 0 saturated carbocycles. The Labute approximate surface area is 105 Å². The van der Waals surface area contributed by atoms with Gasteiger partial charge in [-0.3, -0.25) is 5.84 Å². The van der Waals surface area contributed by atoms with Gasteiger partial charge in [0.2, 0.25) is 0 Å². The van der Waals surface area contributed by atoms with Gasteiger partial charge in [-0.05, 0) is 34.1 Å². The van der Waals surface area contributed by atoms with E-state index in [9.17, 15) is 8.78 Å². The van der Waals surface area contributed by atoms with Crippen LogP contribution in [0.15, 0.2) is 39.4 Å². The van der Waals surface area contributed by atoms with Gasteiger partial charge in [-0.1, -0.05) is 12.1 Å². The molecule has 0 saturated heterocycles. The Balaban J connectivity index is 2.45. The molecule has 1 atom stereocenters. The van der Waals surface area contributed by atoms with Crippen LogP contribution in [-0.4, -0.2) is 0 Å². The number of hydrogen-bond acceptors (Lipinski definition) is 3. The van der Waals surface area contributed by atoms with Gasteiger partial charge in [0.15, 0.2) is 16.3 Å². The quantitative estimate of drug-likeness (QED) is 0.677. The Hall–Kier alpha value is -1.24. The van der Waals surface area contributed by atoms with Crippen molar-refractivity contribution in [1.29, 1.82) is 0 Å². The van der Waals surface area contributed by atoms with Crippen molar-refractivity contribution < 1.29 is 13.2 Å². The summed E-state index contributed by atoms with van der Waals surface area (Å²) in [6.07, 6.45) is 0. The van der Waals surface area contributed by atoms with Gasteiger partial charge in [-0.15, -0.1) is 0 Å². The molecule has 0 amide bonds. The SMILES string of the molecule is NNC(c1ccc(Br)o1)c1cccc(F)c1F. The summed E-state index contributed by atoms with van der Waals surface area (Å²) in [5.74, 6) is 3.88. The first kappa shape index (κ1) is 12.2. The van der Waals surface area contributed by atoms with E-state index in [2.05, 4.69) is 21.4 Å². The van der Waals surface area contributed by atoms with E-state index >= 15 is 0 Å². The van der Waals surface area contributed by atoms with Crippen LogP contribution in [0.25, 0.3) is 0 Å². The lowest BCUT2D eigenvalue weighted by molar-refractivity contribution is 0.420. The summed E-state index contributed by atoms with van der Waals surface area (Å²) >= 11 is 3.13. The van der Waals surface area contributed by atoms with Crippen LogP contribution in [0.5, 0.6) is 0 Å². The molecule has 2 rings (SSSR count). The maximum atomic E-state index is 13.6. The molecule has 0 radical (unpaired) electrons. The van der Waals surface area contributed by atoms with Crippen LogP contribution >= 0.6 is 15.9 Å². The van der Waals surface area contributed by atoms with Crippen molar-refractivity contribution in [2.75, 3.05) is 0 Å². The normalized spacial score (nSPS) is 12.7. The molecule has 6 heteroatoms. The Morgan fingerprint density at radius 2 is 2.00 bits per heavy atom. The van der Waals surface area contributed by atoms with Gasteiger partial charge in [0.05, 0.1) is 0 Å². The number of hydrazine groups is 1. The number of halogens is 3. The van der Waals surface area contributed by atoms with E-state index in [1.807, 2.05) is 0 Å². The summed E-state index contributed by atoms with van der Waals surface area (Å²) < 4.78 is 32.5. The monoisotopic (exact) mass is 302 g/mol. The lowest BCUT2D eigenvalue weighted by atomic mass is 10.0. The number of rotatable bonds is 3. The van der Waals surface area contributed by atoms with Crippen molar-refractivity contribution in [1.82, 2.24) is 5.43 Å². The average Bonchev–Trinajstić information content (AvgIpc) is 2.72. The molecule has 2 aromatic rings. The van der Waals surface area contributed by atoms with Gasteiger partial charge in [-0.2, -0.15) is 0 Å². The van der Waals surface area contributed by atoms with Gasteiger partial charge in [0, 0.05) is 5.56 Å². The second-order valence-electron chi connectivity index (χ2n) is 3.38. The third-order valence-corrected chi connectivity index (χ3v) is 2.76. The maximum Gasteiger partial charge on any atom is 0.169 e. The molecule has 0 aliphatic heterocycles. The van der Waals surface area contributed by atoms with E-state index in [0.717, 1.165) is 6.07 Å². The first-order valence-corrected chi connectivity index (χ1v) is 5.58. The highest BCUT2D eigenvalue weighted by atomic mass is 79.9. The van der Waals surface area contributed by atoms with Crippen LogP contribution in [-0.2, 0) is 0 Å². The van der Waals surface area contributed by atoms with Crippen LogP contribution < -0.4 is 11.3 Å². The largest absolute Gasteiger partial charge is 0.452 e. The highest BCUT2D eigenvalue weighted by Gasteiger charge is 2.21. The minimum Gasteiger partial charge on any atom is -0.452 e. The fourth-order valence-corrected chi connectivity index (χ4v) is 1.87. The molecular weight excluding hydrogens is 294 g/mol. The number of nitrogens with one attached hydrogen (secondary N) is 1. The molecule has 3 N–H and O–H groups in total. The number of benzene rings is 1. The molecule has 1 aromatic heterocycles. The summed E-state index contributed by atoms with van der Waals surface area (Å²) in [6.45, 7) is 0. The van der Waals surface area contributed by atoms with E-state index in [-0.39, 0.29) is 5.56 Å². The molecule has 3 nitrogen and oxygen atoms in total. The lowest BCUT2D eigenvalue weighted by Gasteiger charge is -2.14. The number of hydrogen-bond donors (Lipinski definition) is 2. The van der Waals surface area contributed by atoms with E-state index in [1.165, 1.54) is 12.1 Å². The van der Waals surface area contributed by atoms with Crippen LogP contribution in [0.2, 0.25) is 0 Å². The zero-order valence-corrected chi connectivity index (χ0v) is 10.2. The Morgan fingerprint density at radius 3 is 2.59 bits per heavy atom. The zero-order chi connectivity index (χ0) is 12.4. The summed E-state index contributed by atoms with van der Waals surface area (Å²) in [5.41, 5.74) is 2.49. The molecule has 0 aliphatic carbocycles. The van der Waals surface area contributed by atoms with Crippen molar-refractivity contribution in [3.05, 3.63) is 58.0 Å². The molecule has 1 unspecified atom stereocenters. The van der Waals surface area contributed by atoms with Crippen molar-refractivity contribution in [2.24, 2.45) is 5.84 Å². The minimum atomic E-state index is -0.942. The fourth-order valence-electron chi connectivity index (χ4n) is 1.55. The molecule has 0 spiro atoms. The Morgan fingerprint density at radius 1 is 1.24 bits per heavy atom. The lowest BCUT2D eigenvalue weighted by Crippen LogP contribution is -2.29. The minimum absolute atomic E-state index is 0.0920.